The number of carbonyl (C=O) groups excluding carboxylic acids is 1. The van der Waals surface area contributed by atoms with Gasteiger partial charge in [-0.1, -0.05) is 11.8 Å². The minimum atomic E-state index is -0.0493. The summed E-state index contributed by atoms with van der Waals surface area (Å²) in [5.74, 6) is 1.37. The quantitative estimate of drug-likeness (QED) is 0.622. The summed E-state index contributed by atoms with van der Waals surface area (Å²) in [6.07, 6.45) is 1.92. The molecule has 0 saturated carbocycles. The summed E-state index contributed by atoms with van der Waals surface area (Å²) in [4.78, 5) is 22.7. The second-order valence-electron chi connectivity index (χ2n) is 4.45. The molecule has 98 valence electrons. The zero-order valence-electron chi connectivity index (χ0n) is 10.9. The molecular weight excluding hydrogens is 262 g/mol. The fourth-order valence-corrected chi connectivity index (χ4v) is 2.53. The van der Waals surface area contributed by atoms with E-state index in [1.165, 1.54) is 11.8 Å². The van der Waals surface area contributed by atoms with Crippen LogP contribution in [-0.2, 0) is 6.54 Å². The molecule has 2 aromatic heterocycles. The number of furan rings is 1. The van der Waals surface area contributed by atoms with E-state index in [0.717, 1.165) is 11.5 Å². The van der Waals surface area contributed by atoms with E-state index in [9.17, 15) is 4.79 Å². The number of amides is 1. The first kappa shape index (κ1) is 12.2. The molecule has 3 heterocycles. The van der Waals surface area contributed by atoms with Crippen LogP contribution in [0.4, 0.5) is 0 Å². The lowest BCUT2D eigenvalue weighted by atomic mass is 10.1. The van der Waals surface area contributed by atoms with E-state index in [1.54, 1.807) is 11.9 Å². The Balaban J connectivity index is 2.24. The third-order valence-electron chi connectivity index (χ3n) is 3.07. The Morgan fingerprint density at radius 3 is 2.79 bits per heavy atom. The molecule has 0 fully saturated rings. The van der Waals surface area contributed by atoms with Crippen molar-refractivity contribution in [3.63, 3.8) is 0 Å². The fraction of sp³-hybridized carbons (Fsp3) is 0.308. The lowest BCUT2D eigenvalue weighted by molar-refractivity contribution is 0.0816. The Hall–Kier alpha value is -1.82. The van der Waals surface area contributed by atoms with Gasteiger partial charge in [-0.15, -0.1) is 0 Å². The van der Waals surface area contributed by atoms with Crippen LogP contribution >= 0.6 is 11.8 Å². The van der Waals surface area contributed by atoms with Gasteiger partial charge in [0.05, 0.1) is 17.8 Å². The van der Waals surface area contributed by atoms with Gasteiger partial charge >= 0.3 is 0 Å². The Kier molecular flexibility index (Phi) is 2.82. The Labute approximate surface area is 115 Å². The normalized spacial score (nSPS) is 14.1. The van der Waals surface area contributed by atoms with Crippen molar-refractivity contribution in [2.45, 2.75) is 18.6 Å². The predicted molar refractivity (Wildman–Crippen MR) is 72.0 cm³/mol. The molecule has 0 bridgehead atoms. The first-order valence-corrected chi connectivity index (χ1v) is 7.10. The van der Waals surface area contributed by atoms with Crippen LogP contribution in [0.5, 0.6) is 0 Å². The number of carbonyl (C=O) groups is 1. The van der Waals surface area contributed by atoms with Crippen molar-refractivity contribution < 1.29 is 9.21 Å². The van der Waals surface area contributed by atoms with Crippen LogP contribution < -0.4 is 0 Å². The Bertz CT molecular complexity index is 666. The molecule has 1 amide bonds. The molecule has 0 atom stereocenters. The summed E-state index contributed by atoms with van der Waals surface area (Å²) in [7, 11) is 1.76. The third kappa shape index (κ3) is 1.92. The molecule has 5 nitrogen and oxygen atoms in total. The van der Waals surface area contributed by atoms with Crippen molar-refractivity contribution >= 4 is 17.7 Å². The van der Waals surface area contributed by atoms with Crippen molar-refractivity contribution in [2.75, 3.05) is 13.3 Å². The van der Waals surface area contributed by atoms with E-state index in [1.807, 2.05) is 25.3 Å². The summed E-state index contributed by atoms with van der Waals surface area (Å²) in [5.41, 5.74) is 1.93. The highest BCUT2D eigenvalue weighted by Crippen LogP contribution is 2.32. The van der Waals surface area contributed by atoms with Crippen LogP contribution in [0.2, 0.25) is 0 Å². The summed E-state index contributed by atoms with van der Waals surface area (Å²) >= 11 is 1.46. The molecule has 6 heteroatoms. The maximum Gasteiger partial charge on any atom is 0.258 e. The molecule has 0 aliphatic carbocycles. The number of aromatic nitrogens is 2. The summed E-state index contributed by atoms with van der Waals surface area (Å²) < 4.78 is 5.61. The molecule has 0 N–H and O–H groups in total. The SMILES string of the molecule is CSc1nc2c(c(-c3ccc(C)o3)n1)C(=O)N(C)C2. The molecule has 1 aliphatic rings. The minimum Gasteiger partial charge on any atom is -0.460 e. The monoisotopic (exact) mass is 275 g/mol. The third-order valence-corrected chi connectivity index (χ3v) is 3.61. The van der Waals surface area contributed by atoms with Gasteiger partial charge in [-0.25, -0.2) is 9.97 Å². The topological polar surface area (TPSA) is 59.2 Å². The lowest BCUT2D eigenvalue weighted by Gasteiger charge is -2.06. The molecule has 0 saturated heterocycles. The molecule has 0 aromatic carbocycles. The van der Waals surface area contributed by atoms with E-state index in [2.05, 4.69) is 9.97 Å². The van der Waals surface area contributed by atoms with Gasteiger partial charge in [0.2, 0.25) is 0 Å². The zero-order chi connectivity index (χ0) is 13.6. The van der Waals surface area contributed by atoms with Crippen molar-refractivity contribution in [3.8, 4) is 11.5 Å². The van der Waals surface area contributed by atoms with Crippen LogP contribution in [0.3, 0.4) is 0 Å². The average molecular weight is 275 g/mol. The Morgan fingerprint density at radius 1 is 1.37 bits per heavy atom. The standard InChI is InChI=1S/C13H13N3O2S/c1-7-4-5-9(18-7)11-10-8(6-16(2)12(10)17)14-13(15-11)19-3/h4-5H,6H2,1-3H3. The molecule has 3 rings (SSSR count). The largest absolute Gasteiger partial charge is 0.460 e. The van der Waals surface area contributed by atoms with Crippen molar-refractivity contribution in [2.24, 2.45) is 0 Å². The van der Waals surface area contributed by atoms with Gasteiger partial charge in [-0.2, -0.15) is 0 Å². The Morgan fingerprint density at radius 2 is 2.16 bits per heavy atom. The molecular formula is C13H13N3O2S. The average Bonchev–Trinajstić information content (AvgIpc) is 2.94. The van der Waals surface area contributed by atoms with Crippen LogP contribution in [0, 0.1) is 6.92 Å². The van der Waals surface area contributed by atoms with Crippen LogP contribution in [-0.4, -0.2) is 34.1 Å². The van der Waals surface area contributed by atoms with E-state index in [-0.39, 0.29) is 5.91 Å². The maximum absolute atomic E-state index is 12.2. The van der Waals surface area contributed by atoms with Gasteiger partial charge in [0.15, 0.2) is 10.9 Å². The van der Waals surface area contributed by atoms with E-state index in [4.69, 9.17) is 4.42 Å². The summed E-state index contributed by atoms with van der Waals surface area (Å²) in [5, 5.41) is 0.658. The van der Waals surface area contributed by atoms with Crippen LogP contribution in [0.25, 0.3) is 11.5 Å². The second-order valence-corrected chi connectivity index (χ2v) is 5.23. The maximum atomic E-state index is 12.2. The number of thioether (sulfide) groups is 1. The number of aryl methyl sites for hydroxylation is 1. The highest BCUT2D eigenvalue weighted by Gasteiger charge is 2.32. The molecule has 0 unspecified atom stereocenters. The zero-order valence-corrected chi connectivity index (χ0v) is 11.7. The first-order valence-electron chi connectivity index (χ1n) is 5.87. The van der Waals surface area contributed by atoms with Gasteiger partial charge in [-0.05, 0) is 25.3 Å². The van der Waals surface area contributed by atoms with Gasteiger partial charge in [0.25, 0.3) is 5.91 Å². The highest BCUT2D eigenvalue weighted by molar-refractivity contribution is 7.98. The molecule has 0 radical (unpaired) electrons. The van der Waals surface area contributed by atoms with E-state index >= 15 is 0 Å². The first-order chi connectivity index (χ1) is 9.10. The highest BCUT2D eigenvalue weighted by atomic mass is 32.2. The number of nitrogens with zero attached hydrogens (tertiary/aromatic N) is 3. The van der Waals surface area contributed by atoms with E-state index < -0.39 is 0 Å². The second kappa shape index (κ2) is 4.38. The minimum absolute atomic E-state index is 0.0493. The number of rotatable bonds is 2. The molecule has 2 aromatic rings. The molecule has 0 spiro atoms. The smallest absolute Gasteiger partial charge is 0.258 e. The number of hydrogen-bond donors (Lipinski definition) is 0. The van der Waals surface area contributed by atoms with E-state index in [0.29, 0.717) is 28.7 Å². The summed E-state index contributed by atoms with van der Waals surface area (Å²) in [6.45, 7) is 2.39. The number of hydrogen-bond acceptors (Lipinski definition) is 5. The molecule has 19 heavy (non-hydrogen) atoms. The van der Waals surface area contributed by atoms with Gasteiger partial charge in [-0.3, -0.25) is 4.79 Å². The fourth-order valence-electron chi connectivity index (χ4n) is 2.14. The van der Waals surface area contributed by atoms with Crippen LogP contribution in [0.1, 0.15) is 21.8 Å². The predicted octanol–water partition coefficient (Wildman–Crippen LogP) is 2.35. The summed E-state index contributed by atoms with van der Waals surface area (Å²) in [6, 6.07) is 3.71. The lowest BCUT2D eigenvalue weighted by Crippen LogP contribution is -2.18. The van der Waals surface area contributed by atoms with Gasteiger partial charge < -0.3 is 9.32 Å². The van der Waals surface area contributed by atoms with Crippen molar-refractivity contribution in [1.82, 2.24) is 14.9 Å². The van der Waals surface area contributed by atoms with Crippen molar-refractivity contribution in [3.05, 3.63) is 29.2 Å². The van der Waals surface area contributed by atoms with Gasteiger partial charge in [0.1, 0.15) is 11.5 Å². The van der Waals surface area contributed by atoms with Gasteiger partial charge in [0, 0.05) is 7.05 Å². The van der Waals surface area contributed by atoms with Crippen LogP contribution in [0.15, 0.2) is 21.7 Å². The van der Waals surface area contributed by atoms with Crippen molar-refractivity contribution in [1.29, 1.82) is 0 Å². The molecule has 1 aliphatic heterocycles. The number of fused-ring (bicyclic) bond motifs is 1.